The van der Waals surface area contributed by atoms with Gasteiger partial charge in [-0.2, -0.15) is 0 Å². The largest absolute Gasteiger partial charge is 0.468 e. The Hall–Kier alpha value is -0.840. The number of hydrogen-bond donors (Lipinski definition) is 0. The van der Waals surface area contributed by atoms with Crippen LogP contribution in [0.2, 0.25) is 0 Å². The first-order valence-corrected chi connectivity index (χ1v) is 7.95. The van der Waals surface area contributed by atoms with Gasteiger partial charge in [0.1, 0.15) is 5.76 Å². The van der Waals surface area contributed by atoms with E-state index in [2.05, 4.69) is 15.9 Å². The maximum atomic E-state index is 6.09. The lowest BCUT2D eigenvalue weighted by molar-refractivity contribution is 0.0511. The van der Waals surface area contributed by atoms with Crippen LogP contribution in [0.1, 0.15) is 18.6 Å². The zero-order chi connectivity index (χ0) is 13.4. The average Bonchev–Trinajstić information content (AvgIpc) is 3.01. The van der Waals surface area contributed by atoms with Crippen molar-refractivity contribution in [3.8, 4) is 0 Å². The first-order valence-electron chi connectivity index (χ1n) is 7.95. The second kappa shape index (κ2) is 5.51. The monoisotopic (exact) mass is 276 g/mol. The van der Waals surface area contributed by atoms with Gasteiger partial charge in [-0.1, -0.05) is 0 Å². The highest BCUT2D eigenvalue weighted by molar-refractivity contribution is 4.99. The molecule has 3 heterocycles. The maximum Gasteiger partial charge on any atom is 0.117 e. The molecule has 0 spiro atoms. The van der Waals surface area contributed by atoms with Gasteiger partial charge in [0.15, 0.2) is 0 Å². The van der Waals surface area contributed by atoms with E-state index in [1.165, 1.54) is 25.9 Å². The van der Waals surface area contributed by atoms with Crippen molar-refractivity contribution < 1.29 is 9.15 Å². The number of rotatable bonds is 4. The molecule has 0 bridgehead atoms. The third kappa shape index (κ3) is 2.92. The van der Waals surface area contributed by atoms with Crippen LogP contribution in [0, 0.1) is 11.8 Å². The van der Waals surface area contributed by atoms with Crippen molar-refractivity contribution in [1.29, 1.82) is 0 Å². The number of hydrogen-bond acceptors (Lipinski definition) is 4. The fraction of sp³-hybridized carbons (Fsp3) is 0.750. The summed E-state index contributed by atoms with van der Waals surface area (Å²) in [6, 6.07) is 4.04. The van der Waals surface area contributed by atoms with E-state index in [9.17, 15) is 0 Å². The quantitative estimate of drug-likeness (QED) is 0.839. The molecule has 2 aliphatic heterocycles. The molecule has 4 nitrogen and oxygen atoms in total. The van der Waals surface area contributed by atoms with Crippen molar-refractivity contribution in [2.45, 2.75) is 25.5 Å². The first kappa shape index (κ1) is 12.9. The van der Waals surface area contributed by atoms with Crippen molar-refractivity contribution in [3.05, 3.63) is 24.2 Å². The van der Waals surface area contributed by atoms with Crippen LogP contribution < -0.4 is 0 Å². The molecular weight excluding hydrogens is 252 g/mol. The minimum absolute atomic E-state index is 0.454. The molecular formula is C16H24N2O2. The fourth-order valence-corrected chi connectivity index (χ4v) is 3.63. The van der Waals surface area contributed by atoms with Crippen molar-refractivity contribution in [1.82, 2.24) is 9.80 Å². The molecule has 0 aromatic carbocycles. The van der Waals surface area contributed by atoms with Crippen LogP contribution >= 0.6 is 0 Å². The molecule has 3 fully saturated rings. The molecule has 1 saturated carbocycles. The van der Waals surface area contributed by atoms with E-state index in [4.69, 9.17) is 9.15 Å². The van der Waals surface area contributed by atoms with Gasteiger partial charge in [-0.3, -0.25) is 4.90 Å². The molecule has 1 aliphatic carbocycles. The van der Waals surface area contributed by atoms with Crippen LogP contribution in [0.25, 0.3) is 0 Å². The molecule has 1 aromatic rings. The van der Waals surface area contributed by atoms with Crippen LogP contribution in [-0.2, 0) is 11.3 Å². The Bertz CT molecular complexity index is 430. The van der Waals surface area contributed by atoms with Crippen LogP contribution in [-0.4, -0.2) is 55.2 Å². The Morgan fingerprint density at radius 3 is 2.85 bits per heavy atom. The standard InChI is InChI=1S/C16H24N2O2/c1-2-15(19-6-1)11-17-5-7-20-16-12-18(8-13-3-4-13)10-14(16)9-17/h1-2,6,13-14,16H,3-5,7-12H2/t14-,16+/m0/s1. The van der Waals surface area contributed by atoms with E-state index >= 15 is 0 Å². The van der Waals surface area contributed by atoms with Gasteiger partial charge in [0.25, 0.3) is 0 Å². The van der Waals surface area contributed by atoms with E-state index in [0.717, 1.165) is 44.5 Å². The van der Waals surface area contributed by atoms with Crippen molar-refractivity contribution in [3.63, 3.8) is 0 Å². The Morgan fingerprint density at radius 1 is 1.15 bits per heavy atom. The van der Waals surface area contributed by atoms with Crippen LogP contribution in [0.4, 0.5) is 0 Å². The Balaban J connectivity index is 1.35. The lowest BCUT2D eigenvalue weighted by Gasteiger charge is -2.22. The molecule has 4 heteroatoms. The molecule has 4 rings (SSSR count). The first-order chi connectivity index (χ1) is 9.87. The van der Waals surface area contributed by atoms with E-state index in [0.29, 0.717) is 12.0 Å². The van der Waals surface area contributed by atoms with Gasteiger partial charge in [0, 0.05) is 38.6 Å². The number of furan rings is 1. The molecule has 20 heavy (non-hydrogen) atoms. The third-order valence-corrected chi connectivity index (χ3v) is 4.86. The van der Waals surface area contributed by atoms with Crippen LogP contribution in [0.5, 0.6) is 0 Å². The lowest BCUT2D eigenvalue weighted by atomic mass is 10.1. The predicted octanol–water partition coefficient (Wildman–Crippen LogP) is 1.82. The summed E-state index contributed by atoms with van der Waals surface area (Å²) >= 11 is 0. The minimum Gasteiger partial charge on any atom is -0.468 e. The van der Waals surface area contributed by atoms with E-state index in [1.54, 1.807) is 6.26 Å². The van der Waals surface area contributed by atoms with Gasteiger partial charge < -0.3 is 14.1 Å². The average molecular weight is 276 g/mol. The van der Waals surface area contributed by atoms with Gasteiger partial charge in [-0.05, 0) is 30.9 Å². The van der Waals surface area contributed by atoms with Crippen LogP contribution in [0.3, 0.4) is 0 Å². The SMILES string of the molecule is c1coc(CN2CCO[C@@H]3CN(CC4CC4)C[C@@H]3C2)c1. The van der Waals surface area contributed by atoms with Gasteiger partial charge in [0.05, 0.1) is 25.5 Å². The maximum absolute atomic E-state index is 6.09. The molecule has 110 valence electrons. The normalized spacial score (nSPS) is 32.2. The summed E-state index contributed by atoms with van der Waals surface area (Å²) in [6.45, 7) is 7.62. The molecule has 0 amide bonds. The summed E-state index contributed by atoms with van der Waals surface area (Å²) in [4.78, 5) is 5.12. The summed E-state index contributed by atoms with van der Waals surface area (Å²) in [7, 11) is 0. The number of ether oxygens (including phenoxy) is 1. The summed E-state index contributed by atoms with van der Waals surface area (Å²) in [5, 5.41) is 0. The van der Waals surface area contributed by atoms with E-state index in [1.807, 2.05) is 6.07 Å². The second-order valence-electron chi connectivity index (χ2n) is 6.65. The minimum atomic E-state index is 0.454. The molecule has 0 radical (unpaired) electrons. The number of likely N-dealkylation sites (tertiary alicyclic amines) is 1. The molecule has 3 aliphatic rings. The molecule has 0 N–H and O–H groups in total. The highest BCUT2D eigenvalue weighted by Crippen LogP contribution is 2.32. The molecule has 1 aromatic heterocycles. The fourth-order valence-electron chi connectivity index (χ4n) is 3.63. The lowest BCUT2D eigenvalue weighted by Crippen LogP contribution is -2.32. The Kier molecular flexibility index (Phi) is 3.54. The van der Waals surface area contributed by atoms with E-state index < -0.39 is 0 Å². The summed E-state index contributed by atoms with van der Waals surface area (Å²) in [5.41, 5.74) is 0. The smallest absolute Gasteiger partial charge is 0.117 e. The third-order valence-electron chi connectivity index (χ3n) is 4.86. The summed E-state index contributed by atoms with van der Waals surface area (Å²) < 4.78 is 11.6. The highest BCUT2D eigenvalue weighted by atomic mass is 16.5. The zero-order valence-corrected chi connectivity index (χ0v) is 12.0. The summed E-state index contributed by atoms with van der Waals surface area (Å²) in [5.74, 6) is 2.72. The summed E-state index contributed by atoms with van der Waals surface area (Å²) in [6.07, 6.45) is 5.10. The van der Waals surface area contributed by atoms with Crippen molar-refractivity contribution >= 4 is 0 Å². The number of fused-ring (bicyclic) bond motifs is 1. The van der Waals surface area contributed by atoms with Crippen molar-refractivity contribution in [2.24, 2.45) is 11.8 Å². The highest BCUT2D eigenvalue weighted by Gasteiger charge is 2.38. The number of nitrogens with zero attached hydrogens (tertiary/aromatic N) is 2. The molecule has 2 atom stereocenters. The second-order valence-corrected chi connectivity index (χ2v) is 6.65. The van der Waals surface area contributed by atoms with Crippen LogP contribution in [0.15, 0.2) is 22.8 Å². The van der Waals surface area contributed by atoms with Crippen molar-refractivity contribution in [2.75, 3.05) is 39.3 Å². The van der Waals surface area contributed by atoms with Gasteiger partial charge >= 0.3 is 0 Å². The Labute approximate surface area is 120 Å². The molecule has 0 unspecified atom stereocenters. The molecule has 2 saturated heterocycles. The topological polar surface area (TPSA) is 28.9 Å². The predicted molar refractivity (Wildman–Crippen MR) is 76.4 cm³/mol. The van der Waals surface area contributed by atoms with E-state index in [-0.39, 0.29) is 0 Å². The zero-order valence-electron chi connectivity index (χ0n) is 12.0. The van der Waals surface area contributed by atoms with Gasteiger partial charge in [-0.15, -0.1) is 0 Å². The van der Waals surface area contributed by atoms with Gasteiger partial charge in [-0.25, -0.2) is 0 Å². The van der Waals surface area contributed by atoms with Gasteiger partial charge in [0.2, 0.25) is 0 Å². The Morgan fingerprint density at radius 2 is 2.05 bits per heavy atom.